The van der Waals surface area contributed by atoms with Gasteiger partial charge in [0.2, 0.25) is 0 Å². The van der Waals surface area contributed by atoms with Crippen LogP contribution >= 0.6 is 0 Å². The molecule has 19 heavy (non-hydrogen) atoms. The number of carbonyl (C=O) groups excluding carboxylic acids is 1. The maximum absolute atomic E-state index is 11.0. The van der Waals surface area contributed by atoms with Crippen LogP contribution in [0.2, 0.25) is 0 Å². The molecule has 0 fully saturated rings. The third-order valence-electron chi connectivity index (χ3n) is 3.02. The van der Waals surface area contributed by atoms with E-state index >= 15 is 0 Å². The molecule has 4 nitrogen and oxygen atoms in total. The minimum atomic E-state index is -0.783. The Kier molecular flexibility index (Phi) is 5.57. The fourth-order valence-electron chi connectivity index (χ4n) is 1.81. The number of aliphatic hydroxyl groups excluding tert-OH is 1. The third-order valence-corrected chi connectivity index (χ3v) is 3.02. The Hall–Kier alpha value is -1.81. The number of carbonyl (C=O) groups is 1. The van der Waals surface area contributed by atoms with E-state index in [4.69, 9.17) is 4.74 Å². The lowest BCUT2D eigenvalue weighted by Crippen LogP contribution is -2.14. The molecule has 0 spiro atoms. The smallest absolute Gasteiger partial charge is 0.330 e. The Morgan fingerprint density at radius 1 is 1.37 bits per heavy atom. The summed E-state index contributed by atoms with van der Waals surface area (Å²) in [5.41, 5.74) is 2.00. The van der Waals surface area contributed by atoms with Crippen molar-refractivity contribution in [2.45, 2.75) is 25.9 Å². The summed E-state index contributed by atoms with van der Waals surface area (Å²) in [5.74, 6) is 0.0573. The number of rotatable bonds is 5. The van der Waals surface area contributed by atoms with E-state index < -0.39 is 12.1 Å². The molecule has 1 aromatic carbocycles. The van der Waals surface area contributed by atoms with Gasteiger partial charge in [0.05, 0.1) is 20.3 Å². The van der Waals surface area contributed by atoms with Gasteiger partial charge in [-0.05, 0) is 19.1 Å². The molecule has 0 saturated carbocycles. The van der Waals surface area contributed by atoms with Gasteiger partial charge in [0.15, 0.2) is 0 Å². The molecule has 2 atom stereocenters. The number of aryl methyl sites for hydroxylation is 1. The minimum absolute atomic E-state index is 0.184. The van der Waals surface area contributed by atoms with Gasteiger partial charge in [0, 0.05) is 17.6 Å². The van der Waals surface area contributed by atoms with E-state index in [9.17, 15) is 9.90 Å². The first-order valence-electron chi connectivity index (χ1n) is 6.08. The van der Waals surface area contributed by atoms with Gasteiger partial charge in [-0.3, -0.25) is 0 Å². The van der Waals surface area contributed by atoms with Crippen LogP contribution in [0.25, 0.3) is 0 Å². The molecule has 0 aromatic heterocycles. The molecule has 0 unspecified atom stereocenters. The molecular formula is C15H20O4. The average molecular weight is 264 g/mol. The number of methoxy groups -OCH3 is 2. The first-order valence-corrected chi connectivity index (χ1v) is 6.08. The van der Waals surface area contributed by atoms with Crippen molar-refractivity contribution >= 4 is 5.97 Å². The quantitative estimate of drug-likeness (QED) is 0.654. The normalized spacial score (nSPS) is 14.2. The molecule has 104 valence electrons. The molecule has 4 heteroatoms. The number of benzene rings is 1. The van der Waals surface area contributed by atoms with Gasteiger partial charge in [-0.1, -0.05) is 24.6 Å². The Balaban J connectivity index is 2.93. The summed E-state index contributed by atoms with van der Waals surface area (Å²) in [7, 11) is 2.89. The summed E-state index contributed by atoms with van der Waals surface area (Å²) in [6, 6.07) is 5.79. The lowest BCUT2D eigenvalue weighted by Gasteiger charge is -2.19. The second-order valence-electron chi connectivity index (χ2n) is 4.41. The van der Waals surface area contributed by atoms with Crippen molar-refractivity contribution in [1.29, 1.82) is 0 Å². The monoisotopic (exact) mass is 264 g/mol. The van der Waals surface area contributed by atoms with Gasteiger partial charge in [-0.2, -0.15) is 0 Å². The van der Waals surface area contributed by atoms with Crippen molar-refractivity contribution in [2.24, 2.45) is 0 Å². The fraction of sp³-hybridized carbons (Fsp3) is 0.400. The van der Waals surface area contributed by atoms with Gasteiger partial charge in [0.25, 0.3) is 0 Å². The van der Waals surface area contributed by atoms with Crippen molar-refractivity contribution in [1.82, 2.24) is 0 Å². The lowest BCUT2D eigenvalue weighted by molar-refractivity contribution is -0.134. The van der Waals surface area contributed by atoms with E-state index in [1.54, 1.807) is 7.11 Å². The number of hydrogen-bond acceptors (Lipinski definition) is 4. The van der Waals surface area contributed by atoms with Crippen molar-refractivity contribution in [3.63, 3.8) is 0 Å². The van der Waals surface area contributed by atoms with Gasteiger partial charge in [-0.25, -0.2) is 4.79 Å². The van der Waals surface area contributed by atoms with Crippen LogP contribution in [-0.4, -0.2) is 31.4 Å². The third kappa shape index (κ3) is 4.10. The second kappa shape index (κ2) is 6.95. The zero-order chi connectivity index (χ0) is 14.4. The molecule has 0 radical (unpaired) electrons. The topological polar surface area (TPSA) is 55.8 Å². The number of ether oxygens (including phenoxy) is 2. The molecule has 0 aliphatic rings. The Morgan fingerprint density at radius 3 is 2.63 bits per heavy atom. The maximum Gasteiger partial charge on any atom is 0.330 e. The SMILES string of the molecule is COC(=O)/C=C/[C@H](O)[C@@H](C)c1cc(C)ccc1OC. The van der Waals surface area contributed by atoms with Crippen LogP contribution in [0.15, 0.2) is 30.4 Å². The van der Waals surface area contributed by atoms with Gasteiger partial charge in [-0.15, -0.1) is 0 Å². The highest BCUT2D eigenvalue weighted by molar-refractivity contribution is 5.81. The first kappa shape index (κ1) is 15.2. The summed E-state index contributed by atoms with van der Waals surface area (Å²) < 4.78 is 9.78. The van der Waals surface area contributed by atoms with Crippen LogP contribution in [0.1, 0.15) is 24.0 Å². The van der Waals surface area contributed by atoms with E-state index in [2.05, 4.69) is 4.74 Å². The summed E-state index contributed by atoms with van der Waals surface area (Å²) in [5, 5.41) is 10.1. The standard InChI is InChI=1S/C15H20O4/c1-10-5-7-14(18-3)12(9-10)11(2)13(16)6-8-15(17)19-4/h5-9,11,13,16H,1-4H3/b8-6+/t11-,13-/m0/s1. The van der Waals surface area contributed by atoms with Crippen LogP contribution in [0.3, 0.4) is 0 Å². The highest BCUT2D eigenvalue weighted by Gasteiger charge is 2.18. The fourth-order valence-corrected chi connectivity index (χ4v) is 1.81. The number of esters is 1. The number of hydrogen-bond donors (Lipinski definition) is 1. The molecule has 0 aliphatic heterocycles. The van der Waals surface area contributed by atoms with E-state index in [-0.39, 0.29) is 5.92 Å². The zero-order valence-electron chi connectivity index (χ0n) is 11.7. The Labute approximate surface area is 113 Å². The van der Waals surface area contributed by atoms with Crippen LogP contribution in [0.4, 0.5) is 0 Å². The van der Waals surface area contributed by atoms with Gasteiger partial charge >= 0.3 is 5.97 Å². The highest BCUT2D eigenvalue weighted by atomic mass is 16.5. The summed E-state index contributed by atoms with van der Waals surface area (Å²) in [4.78, 5) is 11.0. The predicted octanol–water partition coefficient (Wildman–Crippen LogP) is 2.20. The highest BCUT2D eigenvalue weighted by Crippen LogP contribution is 2.30. The van der Waals surface area contributed by atoms with Crippen molar-refractivity contribution in [3.8, 4) is 5.75 Å². The first-order chi connectivity index (χ1) is 8.99. The van der Waals surface area contributed by atoms with Crippen LogP contribution < -0.4 is 4.74 Å². The summed E-state index contributed by atoms with van der Waals surface area (Å²) in [6.07, 6.45) is 1.87. The maximum atomic E-state index is 11.0. The van der Waals surface area contributed by atoms with Crippen LogP contribution in [0, 0.1) is 6.92 Å². The molecule has 0 bridgehead atoms. The van der Waals surface area contributed by atoms with Crippen molar-refractivity contribution in [3.05, 3.63) is 41.5 Å². The number of aliphatic hydroxyl groups is 1. The molecule has 1 rings (SSSR count). The van der Waals surface area contributed by atoms with Crippen molar-refractivity contribution < 1.29 is 19.4 Å². The van der Waals surface area contributed by atoms with E-state index in [1.807, 2.05) is 32.0 Å². The predicted molar refractivity (Wildman–Crippen MR) is 73.3 cm³/mol. The molecule has 1 aromatic rings. The Bertz CT molecular complexity index is 465. The second-order valence-corrected chi connectivity index (χ2v) is 4.41. The largest absolute Gasteiger partial charge is 0.496 e. The van der Waals surface area contributed by atoms with Crippen LogP contribution in [-0.2, 0) is 9.53 Å². The van der Waals surface area contributed by atoms with Crippen LogP contribution in [0.5, 0.6) is 5.75 Å². The summed E-state index contributed by atoms with van der Waals surface area (Å²) >= 11 is 0. The zero-order valence-corrected chi connectivity index (χ0v) is 11.7. The minimum Gasteiger partial charge on any atom is -0.496 e. The average Bonchev–Trinajstić information content (AvgIpc) is 2.43. The van der Waals surface area contributed by atoms with E-state index in [1.165, 1.54) is 19.3 Å². The molecule has 0 amide bonds. The summed E-state index contributed by atoms with van der Waals surface area (Å²) in [6.45, 7) is 3.86. The van der Waals surface area contributed by atoms with Gasteiger partial charge < -0.3 is 14.6 Å². The Morgan fingerprint density at radius 2 is 2.05 bits per heavy atom. The van der Waals surface area contributed by atoms with Gasteiger partial charge in [0.1, 0.15) is 5.75 Å². The van der Waals surface area contributed by atoms with E-state index in [0.29, 0.717) is 0 Å². The van der Waals surface area contributed by atoms with E-state index in [0.717, 1.165) is 16.9 Å². The molecular weight excluding hydrogens is 244 g/mol. The molecule has 1 N–H and O–H groups in total. The molecule has 0 aliphatic carbocycles. The molecule has 0 saturated heterocycles. The molecule has 0 heterocycles. The van der Waals surface area contributed by atoms with Crippen molar-refractivity contribution in [2.75, 3.05) is 14.2 Å². The lowest BCUT2D eigenvalue weighted by atomic mass is 9.93.